The molecule has 5 heteroatoms. The molecule has 0 unspecified atom stereocenters. The highest BCUT2D eigenvalue weighted by atomic mass is 19.4. The number of hydrogen-bond acceptors (Lipinski definition) is 2. The van der Waals surface area contributed by atoms with E-state index in [4.69, 9.17) is 4.74 Å². The lowest BCUT2D eigenvalue weighted by Gasteiger charge is -2.10. The monoisotopic (exact) mass is 262 g/mol. The standard InChI is InChI=1S/C13H17F3O2/c1-2-3-4-5-10-17-11-6-8-12(9-7-11)18-13(14,15)16/h6-9H,2-5,10H2,1H3. The Bertz CT molecular complexity index is 333. The number of ether oxygens (including phenoxy) is 2. The minimum Gasteiger partial charge on any atom is -0.494 e. The molecule has 2 nitrogen and oxygen atoms in total. The zero-order valence-corrected chi connectivity index (χ0v) is 10.3. The molecule has 0 N–H and O–H groups in total. The topological polar surface area (TPSA) is 18.5 Å². The highest BCUT2D eigenvalue weighted by Gasteiger charge is 2.30. The zero-order valence-electron chi connectivity index (χ0n) is 10.3. The summed E-state index contributed by atoms with van der Waals surface area (Å²) in [5.74, 6) is 0.321. The first-order chi connectivity index (χ1) is 8.51. The normalized spacial score (nSPS) is 11.3. The fraction of sp³-hybridized carbons (Fsp3) is 0.538. The van der Waals surface area contributed by atoms with Crippen molar-refractivity contribution in [1.82, 2.24) is 0 Å². The van der Waals surface area contributed by atoms with Crippen LogP contribution in [0.2, 0.25) is 0 Å². The zero-order chi connectivity index (χ0) is 13.4. The number of alkyl halides is 3. The van der Waals surface area contributed by atoms with Crippen LogP contribution in [0, 0.1) is 0 Å². The predicted molar refractivity (Wildman–Crippen MR) is 62.8 cm³/mol. The van der Waals surface area contributed by atoms with Gasteiger partial charge >= 0.3 is 6.36 Å². The summed E-state index contributed by atoms with van der Waals surface area (Å²) in [6.07, 6.45) is -0.270. The van der Waals surface area contributed by atoms with Crippen molar-refractivity contribution < 1.29 is 22.6 Å². The Balaban J connectivity index is 2.32. The summed E-state index contributed by atoms with van der Waals surface area (Å²) in [6.45, 7) is 2.71. The van der Waals surface area contributed by atoms with Gasteiger partial charge in [0.2, 0.25) is 0 Å². The maximum atomic E-state index is 11.9. The summed E-state index contributed by atoms with van der Waals surface area (Å²) in [7, 11) is 0. The van der Waals surface area contributed by atoms with E-state index in [0.717, 1.165) is 19.3 Å². The van der Waals surface area contributed by atoms with Gasteiger partial charge in [0.1, 0.15) is 11.5 Å². The maximum absolute atomic E-state index is 11.9. The fourth-order valence-electron chi connectivity index (χ4n) is 1.46. The molecule has 1 aromatic carbocycles. The smallest absolute Gasteiger partial charge is 0.494 e. The second-order valence-electron chi connectivity index (χ2n) is 3.93. The lowest BCUT2D eigenvalue weighted by atomic mass is 10.2. The van der Waals surface area contributed by atoms with E-state index < -0.39 is 6.36 Å². The number of benzene rings is 1. The molecule has 0 spiro atoms. The molecule has 0 aromatic heterocycles. The molecular formula is C13H17F3O2. The van der Waals surface area contributed by atoms with E-state index in [9.17, 15) is 13.2 Å². The molecule has 1 aromatic rings. The van der Waals surface area contributed by atoms with Crippen molar-refractivity contribution >= 4 is 0 Å². The van der Waals surface area contributed by atoms with Gasteiger partial charge in [-0.25, -0.2) is 0 Å². The number of unbranched alkanes of at least 4 members (excludes halogenated alkanes) is 3. The van der Waals surface area contributed by atoms with E-state index in [0.29, 0.717) is 12.4 Å². The molecule has 18 heavy (non-hydrogen) atoms. The Morgan fingerprint density at radius 3 is 2.11 bits per heavy atom. The summed E-state index contributed by atoms with van der Waals surface area (Å²) in [5.41, 5.74) is 0. The molecule has 0 fully saturated rings. The van der Waals surface area contributed by atoms with E-state index in [-0.39, 0.29) is 5.75 Å². The van der Waals surface area contributed by atoms with Crippen molar-refractivity contribution in [2.75, 3.05) is 6.61 Å². The Kier molecular flexibility index (Phi) is 5.82. The lowest BCUT2D eigenvalue weighted by molar-refractivity contribution is -0.274. The van der Waals surface area contributed by atoms with E-state index in [2.05, 4.69) is 11.7 Å². The number of halogens is 3. The van der Waals surface area contributed by atoms with Crippen molar-refractivity contribution in [3.05, 3.63) is 24.3 Å². The van der Waals surface area contributed by atoms with Crippen molar-refractivity contribution in [3.8, 4) is 11.5 Å². The largest absolute Gasteiger partial charge is 0.573 e. The molecule has 0 bridgehead atoms. The van der Waals surface area contributed by atoms with E-state index in [1.54, 1.807) is 0 Å². The average molecular weight is 262 g/mol. The molecular weight excluding hydrogens is 245 g/mol. The minimum atomic E-state index is -4.65. The van der Waals surface area contributed by atoms with Gasteiger partial charge in [-0.05, 0) is 30.7 Å². The van der Waals surface area contributed by atoms with Gasteiger partial charge in [-0.3, -0.25) is 0 Å². The van der Waals surface area contributed by atoms with Crippen LogP contribution in [0.1, 0.15) is 32.6 Å². The summed E-state index contributed by atoms with van der Waals surface area (Å²) in [4.78, 5) is 0. The molecule has 0 heterocycles. The van der Waals surface area contributed by atoms with Crippen LogP contribution in [0.15, 0.2) is 24.3 Å². The first-order valence-electron chi connectivity index (χ1n) is 6.00. The van der Waals surface area contributed by atoms with Gasteiger partial charge in [0.15, 0.2) is 0 Å². The second-order valence-corrected chi connectivity index (χ2v) is 3.93. The second kappa shape index (κ2) is 7.13. The van der Waals surface area contributed by atoms with Crippen LogP contribution in [-0.2, 0) is 0 Å². The minimum absolute atomic E-state index is 0.235. The lowest BCUT2D eigenvalue weighted by Crippen LogP contribution is -2.16. The molecule has 0 atom stereocenters. The van der Waals surface area contributed by atoms with Crippen LogP contribution in [0.4, 0.5) is 13.2 Å². The van der Waals surface area contributed by atoms with Crippen LogP contribution in [0.5, 0.6) is 11.5 Å². The summed E-state index contributed by atoms with van der Waals surface area (Å²) in [5, 5.41) is 0. The summed E-state index contributed by atoms with van der Waals surface area (Å²) in [6, 6.07) is 5.44. The predicted octanol–water partition coefficient (Wildman–Crippen LogP) is 4.54. The van der Waals surface area contributed by atoms with Gasteiger partial charge in [0.05, 0.1) is 6.61 Å². The van der Waals surface area contributed by atoms with Gasteiger partial charge < -0.3 is 9.47 Å². The van der Waals surface area contributed by atoms with Gasteiger partial charge in [-0.2, -0.15) is 0 Å². The van der Waals surface area contributed by atoms with Crippen LogP contribution >= 0.6 is 0 Å². The molecule has 0 aliphatic carbocycles. The summed E-state index contributed by atoms with van der Waals surface area (Å²) < 4.78 is 44.9. The van der Waals surface area contributed by atoms with Crippen LogP contribution in [0.3, 0.4) is 0 Å². The number of hydrogen-bond donors (Lipinski definition) is 0. The van der Waals surface area contributed by atoms with E-state index in [1.165, 1.54) is 30.7 Å². The van der Waals surface area contributed by atoms with Gasteiger partial charge in [-0.15, -0.1) is 13.2 Å². The Hall–Kier alpha value is -1.39. The van der Waals surface area contributed by atoms with Crippen molar-refractivity contribution in [2.24, 2.45) is 0 Å². The molecule has 0 aliphatic heterocycles. The van der Waals surface area contributed by atoms with E-state index in [1.807, 2.05) is 0 Å². The first-order valence-corrected chi connectivity index (χ1v) is 6.00. The molecule has 0 amide bonds. The Labute approximate surface area is 105 Å². The molecule has 0 aliphatic rings. The van der Waals surface area contributed by atoms with E-state index >= 15 is 0 Å². The van der Waals surface area contributed by atoms with Crippen LogP contribution in [0.25, 0.3) is 0 Å². The highest BCUT2D eigenvalue weighted by molar-refractivity contribution is 5.31. The van der Waals surface area contributed by atoms with Crippen LogP contribution < -0.4 is 9.47 Å². The van der Waals surface area contributed by atoms with Crippen LogP contribution in [-0.4, -0.2) is 13.0 Å². The average Bonchev–Trinajstić information content (AvgIpc) is 2.29. The van der Waals surface area contributed by atoms with Crippen molar-refractivity contribution in [3.63, 3.8) is 0 Å². The summed E-state index contributed by atoms with van der Waals surface area (Å²) >= 11 is 0. The molecule has 0 saturated heterocycles. The van der Waals surface area contributed by atoms with Gasteiger partial charge in [0.25, 0.3) is 0 Å². The van der Waals surface area contributed by atoms with Gasteiger partial charge in [0, 0.05) is 0 Å². The Morgan fingerprint density at radius 2 is 1.56 bits per heavy atom. The highest BCUT2D eigenvalue weighted by Crippen LogP contribution is 2.24. The molecule has 0 saturated carbocycles. The van der Waals surface area contributed by atoms with Gasteiger partial charge in [-0.1, -0.05) is 26.2 Å². The third-order valence-corrected chi connectivity index (χ3v) is 2.32. The molecule has 102 valence electrons. The SMILES string of the molecule is CCCCCCOc1ccc(OC(F)(F)F)cc1. The van der Waals surface area contributed by atoms with Crippen molar-refractivity contribution in [2.45, 2.75) is 39.0 Å². The molecule has 0 radical (unpaired) electrons. The fourth-order valence-corrected chi connectivity index (χ4v) is 1.46. The van der Waals surface area contributed by atoms with Crippen molar-refractivity contribution in [1.29, 1.82) is 0 Å². The Morgan fingerprint density at radius 1 is 0.944 bits per heavy atom. The first kappa shape index (κ1) is 14.7. The maximum Gasteiger partial charge on any atom is 0.573 e. The number of rotatable bonds is 7. The molecule has 1 rings (SSSR count). The quantitative estimate of drug-likeness (QED) is 0.671. The third-order valence-electron chi connectivity index (χ3n) is 2.32. The third kappa shape index (κ3) is 6.37.